The third-order valence-electron chi connectivity index (χ3n) is 4.29. The van der Waals surface area contributed by atoms with Crippen LogP contribution in [0.3, 0.4) is 0 Å². The Morgan fingerprint density at radius 3 is 2.69 bits per heavy atom. The number of thiocarbonyl (C=S) groups is 1. The summed E-state index contributed by atoms with van der Waals surface area (Å²) >= 11 is 5.49. The molecule has 1 atom stereocenters. The van der Waals surface area contributed by atoms with Crippen LogP contribution in [0, 0.1) is 0 Å². The number of pyridine rings is 1. The smallest absolute Gasteiger partial charge is 0.171 e. The molecule has 0 amide bonds. The zero-order valence-corrected chi connectivity index (χ0v) is 15.8. The highest BCUT2D eigenvalue weighted by Gasteiger charge is 2.10. The van der Waals surface area contributed by atoms with Crippen molar-refractivity contribution in [3.05, 3.63) is 66.4 Å². The van der Waals surface area contributed by atoms with Gasteiger partial charge in [0.2, 0.25) is 0 Å². The van der Waals surface area contributed by atoms with Crippen LogP contribution in [-0.2, 0) is 6.42 Å². The summed E-state index contributed by atoms with van der Waals surface area (Å²) in [6, 6.07) is 18.5. The molecule has 0 spiro atoms. The number of aryl methyl sites for hydroxylation is 1. The van der Waals surface area contributed by atoms with Crippen molar-refractivity contribution in [1.82, 2.24) is 10.3 Å². The summed E-state index contributed by atoms with van der Waals surface area (Å²) in [5.74, 6) is 0.751. The first-order chi connectivity index (χ1) is 12.7. The average Bonchev–Trinajstić information content (AvgIpc) is 2.67. The van der Waals surface area contributed by atoms with E-state index in [1.165, 1.54) is 5.56 Å². The van der Waals surface area contributed by atoms with E-state index in [9.17, 15) is 0 Å². The number of hydrogen-bond donors (Lipinski definition) is 2. The second kappa shape index (κ2) is 8.63. The molecule has 0 aliphatic heterocycles. The van der Waals surface area contributed by atoms with Gasteiger partial charge >= 0.3 is 0 Å². The number of nitrogens with one attached hydrogen (secondary N) is 2. The minimum absolute atomic E-state index is 0.276. The third-order valence-corrected chi connectivity index (χ3v) is 4.51. The van der Waals surface area contributed by atoms with Gasteiger partial charge in [0, 0.05) is 23.3 Å². The molecule has 4 nitrogen and oxygen atoms in total. The van der Waals surface area contributed by atoms with Gasteiger partial charge in [-0.25, -0.2) is 0 Å². The number of nitrogens with zero attached hydrogens (tertiary/aromatic N) is 1. The lowest BCUT2D eigenvalue weighted by atomic mass is 10.1. The summed E-state index contributed by atoms with van der Waals surface area (Å²) in [6.45, 7) is 2.14. The maximum absolute atomic E-state index is 5.49. The molecule has 0 fully saturated rings. The Kier molecular flexibility index (Phi) is 6.02. The Labute approximate surface area is 159 Å². The fourth-order valence-corrected chi connectivity index (χ4v) is 3.21. The van der Waals surface area contributed by atoms with Crippen molar-refractivity contribution in [3.8, 4) is 5.75 Å². The maximum atomic E-state index is 5.49. The average molecular weight is 366 g/mol. The van der Waals surface area contributed by atoms with Crippen molar-refractivity contribution in [3.63, 3.8) is 0 Å². The van der Waals surface area contributed by atoms with E-state index in [2.05, 4.69) is 46.8 Å². The van der Waals surface area contributed by atoms with E-state index in [0.717, 1.165) is 35.2 Å². The van der Waals surface area contributed by atoms with Crippen molar-refractivity contribution in [1.29, 1.82) is 0 Å². The predicted octanol–water partition coefficient (Wildman–Crippen LogP) is 4.55. The molecule has 3 rings (SSSR count). The molecule has 0 radical (unpaired) electrons. The molecule has 1 aromatic heterocycles. The predicted molar refractivity (Wildman–Crippen MR) is 112 cm³/mol. The molecule has 1 heterocycles. The van der Waals surface area contributed by atoms with Gasteiger partial charge in [0.05, 0.1) is 7.11 Å². The Balaban J connectivity index is 1.62. The molecule has 0 saturated heterocycles. The quantitative estimate of drug-likeness (QED) is 0.628. The zero-order valence-electron chi connectivity index (χ0n) is 15.0. The number of methoxy groups -OCH3 is 1. The monoisotopic (exact) mass is 365 g/mol. The number of fused-ring (bicyclic) bond motifs is 1. The van der Waals surface area contributed by atoms with Gasteiger partial charge in [0.25, 0.3) is 0 Å². The fourth-order valence-electron chi connectivity index (χ4n) is 2.90. The number of rotatable bonds is 6. The van der Waals surface area contributed by atoms with E-state index >= 15 is 0 Å². The molecule has 134 valence electrons. The summed E-state index contributed by atoms with van der Waals surface area (Å²) in [5.41, 5.74) is 3.08. The fraction of sp³-hybridized carbons (Fsp3) is 0.238. The second-order valence-electron chi connectivity index (χ2n) is 6.24. The molecule has 26 heavy (non-hydrogen) atoms. The molecule has 0 bridgehead atoms. The van der Waals surface area contributed by atoms with E-state index in [1.807, 2.05) is 30.3 Å². The first-order valence-electron chi connectivity index (χ1n) is 8.70. The highest BCUT2D eigenvalue weighted by atomic mass is 32.1. The minimum atomic E-state index is 0.276. The van der Waals surface area contributed by atoms with Gasteiger partial charge in [-0.15, -0.1) is 0 Å². The summed E-state index contributed by atoms with van der Waals surface area (Å²) < 4.78 is 5.39. The van der Waals surface area contributed by atoms with Crippen LogP contribution < -0.4 is 15.4 Å². The van der Waals surface area contributed by atoms with Gasteiger partial charge in [-0.3, -0.25) is 4.98 Å². The van der Waals surface area contributed by atoms with Crippen molar-refractivity contribution < 1.29 is 4.74 Å². The molecule has 0 unspecified atom stereocenters. The van der Waals surface area contributed by atoms with E-state index in [1.54, 1.807) is 13.3 Å². The van der Waals surface area contributed by atoms with E-state index < -0.39 is 0 Å². The Morgan fingerprint density at radius 1 is 1.12 bits per heavy atom. The molecular weight excluding hydrogens is 342 g/mol. The highest BCUT2D eigenvalue weighted by molar-refractivity contribution is 7.80. The summed E-state index contributed by atoms with van der Waals surface area (Å²) in [7, 11) is 1.65. The standard InChI is InChI=1S/C21H23N3OS/c1-15(10-11-16-7-4-3-5-8-16)23-21(26)24-18-12-13-19(25-2)20-17(18)9-6-14-22-20/h3-9,12-15H,10-11H2,1-2H3,(H2,23,24,26)/t15-/m0/s1. The van der Waals surface area contributed by atoms with Crippen molar-refractivity contribution in [2.75, 3.05) is 12.4 Å². The molecule has 0 aliphatic rings. The SMILES string of the molecule is COc1ccc(NC(=S)N[C@@H](C)CCc2ccccc2)c2cccnc12. The Morgan fingerprint density at radius 2 is 1.92 bits per heavy atom. The molecule has 2 N–H and O–H groups in total. The van der Waals surface area contributed by atoms with Crippen LogP contribution >= 0.6 is 12.2 Å². The van der Waals surface area contributed by atoms with Gasteiger partial charge in [0.15, 0.2) is 5.11 Å². The number of hydrogen-bond acceptors (Lipinski definition) is 3. The summed E-state index contributed by atoms with van der Waals surface area (Å²) in [5, 5.41) is 8.24. The zero-order chi connectivity index (χ0) is 18.4. The van der Waals surface area contributed by atoms with Crippen LogP contribution in [0.15, 0.2) is 60.8 Å². The molecule has 2 aromatic carbocycles. The van der Waals surface area contributed by atoms with E-state index in [4.69, 9.17) is 17.0 Å². The van der Waals surface area contributed by atoms with Crippen LogP contribution in [0.2, 0.25) is 0 Å². The first-order valence-corrected chi connectivity index (χ1v) is 9.11. The minimum Gasteiger partial charge on any atom is -0.494 e. The van der Waals surface area contributed by atoms with Crippen LogP contribution in [0.25, 0.3) is 10.9 Å². The lowest BCUT2D eigenvalue weighted by molar-refractivity contribution is 0.419. The van der Waals surface area contributed by atoms with Gasteiger partial charge in [0.1, 0.15) is 11.3 Å². The normalized spacial score (nSPS) is 11.8. The maximum Gasteiger partial charge on any atom is 0.171 e. The van der Waals surface area contributed by atoms with Crippen LogP contribution in [0.5, 0.6) is 5.75 Å². The molecule has 5 heteroatoms. The number of anilines is 1. The van der Waals surface area contributed by atoms with E-state index in [-0.39, 0.29) is 6.04 Å². The first kappa shape index (κ1) is 18.1. The van der Waals surface area contributed by atoms with E-state index in [0.29, 0.717) is 5.11 Å². The van der Waals surface area contributed by atoms with Crippen LogP contribution in [0.4, 0.5) is 5.69 Å². The van der Waals surface area contributed by atoms with Crippen molar-refractivity contribution in [2.24, 2.45) is 0 Å². The second-order valence-corrected chi connectivity index (χ2v) is 6.65. The Bertz CT molecular complexity index is 883. The van der Waals surface area contributed by atoms with Gasteiger partial charge in [-0.1, -0.05) is 30.3 Å². The number of aromatic nitrogens is 1. The van der Waals surface area contributed by atoms with Gasteiger partial charge in [-0.05, 0) is 61.8 Å². The van der Waals surface area contributed by atoms with Crippen molar-refractivity contribution in [2.45, 2.75) is 25.8 Å². The molecule has 3 aromatic rings. The molecular formula is C21H23N3OS. The summed E-state index contributed by atoms with van der Waals surface area (Å²) in [6.07, 6.45) is 3.79. The van der Waals surface area contributed by atoms with Gasteiger partial charge < -0.3 is 15.4 Å². The largest absolute Gasteiger partial charge is 0.494 e. The van der Waals surface area contributed by atoms with Crippen LogP contribution in [0.1, 0.15) is 18.9 Å². The topological polar surface area (TPSA) is 46.2 Å². The van der Waals surface area contributed by atoms with Crippen LogP contribution in [-0.4, -0.2) is 23.2 Å². The lowest BCUT2D eigenvalue weighted by Crippen LogP contribution is -2.36. The number of ether oxygens (including phenoxy) is 1. The number of benzene rings is 2. The highest BCUT2D eigenvalue weighted by Crippen LogP contribution is 2.29. The summed E-state index contributed by atoms with van der Waals surface area (Å²) in [4.78, 5) is 4.42. The molecule has 0 saturated carbocycles. The Hall–Kier alpha value is -2.66. The van der Waals surface area contributed by atoms with Gasteiger partial charge in [-0.2, -0.15) is 0 Å². The molecule has 0 aliphatic carbocycles. The lowest BCUT2D eigenvalue weighted by Gasteiger charge is -2.18. The van der Waals surface area contributed by atoms with Crippen molar-refractivity contribution >= 4 is 33.9 Å². The third kappa shape index (κ3) is 4.49.